The van der Waals surface area contributed by atoms with E-state index < -0.39 is 0 Å². The Balaban J connectivity index is 1.82. The zero-order valence-electron chi connectivity index (χ0n) is 11.9. The molecular formula is C16H18BrNO3. The average molecular weight is 352 g/mol. The lowest BCUT2D eigenvalue weighted by Crippen LogP contribution is -2.53. The number of ether oxygens (including phenoxy) is 1. The first-order valence-electron chi connectivity index (χ1n) is 7.08. The maximum absolute atomic E-state index is 12.5. The molecule has 21 heavy (non-hydrogen) atoms. The molecule has 1 aliphatic heterocycles. The van der Waals surface area contributed by atoms with Gasteiger partial charge in [-0.1, -0.05) is 27.6 Å². The van der Waals surface area contributed by atoms with Crippen molar-refractivity contribution in [2.75, 3.05) is 18.5 Å². The number of alkyl halides is 1. The summed E-state index contributed by atoms with van der Waals surface area (Å²) in [5.74, 6) is 0.201. The lowest BCUT2D eigenvalue weighted by atomic mass is 9.92. The second kappa shape index (κ2) is 5.81. The minimum atomic E-state index is -0.246. The first-order chi connectivity index (χ1) is 10.1. The summed E-state index contributed by atoms with van der Waals surface area (Å²) in [6.07, 6.45) is 1.62. The van der Waals surface area contributed by atoms with Crippen molar-refractivity contribution >= 4 is 32.8 Å². The van der Waals surface area contributed by atoms with Crippen LogP contribution in [0.5, 0.6) is 0 Å². The number of aryl methyl sites for hydroxylation is 1. The second-order valence-electron chi connectivity index (χ2n) is 5.63. The quantitative estimate of drug-likeness (QED) is 0.862. The van der Waals surface area contributed by atoms with E-state index in [0.717, 1.165) is 29.4 Å². The van der Waals surface area contributed by atoms with Crippen molar-refractivity contribution in [3.63, 3.8) is 0 Å². The average Bonchev–Trinajstić information content (AvgIpc) is 2.91. The number of amides is 1. The molecule has 1 saturated heterocycles. The van der Waals surface area contributed by atoms with Gasteiger partial charge < -0.3 is 14.5 Å². The van der Waals surface area contributed by atoms with Crippen LogP contribution in [0.3, 0.4) is 0 Å². The smallest absolute Gasteiger partial charge is 0.287 e. The molecule has 0 aliphatic carbocycles. The summed E-state index contributed by atoms with van der Waals surface area (Å²) >= 11 is 3.51. The van der Waals surface area contributed by atoms with Gasteiger partial charge in [0.05, 0.1) is 5.54 Å². The number of carbonyl (C=O) groups excluding carboxylic acids is 1. The minimum absolute atomic E-state index is 0.162. The van der Waals surface area contributed by atoms with Crippen molar-refractivity contribution in [3.8, 4) is 0 Å². The van der Waals surface area contributed by atoms with E-state index in [4.69, 9.17) is 9.15 Å². The summed E-state index contributed by atoms with van der Waals surface area (Å²) in [5.41, 5.74) is 1.65. The molecule has 1 N–H and O–H groups in total. The van der Waals surface area contributed by atoms with Gasteiger partial charge in [-0.3, -0.25) is 4.79 Å². The molecule has 1 amide bonds. The standard InChI is InChI=1S/C16H18BrNO3/c1-11-2-3-13-12(8-11)9-14(21-13)15(19)18-16(10-17)4-6-20-7-5-16/h2-3,8-9H,4-7,10H2,1H3,(H,18,19). The molecule has 1 aromatic carbocycles. The van der Waals surface area contributed by atoms with E-state index in [0.29, 0.717) is 24.3 Å². The summed E-state index contributed by atoms with van der Waals surface area (Å²) in [7, 11) is 0. The normalized spacial score (nSPS) is 17.8. The zero-order chi connectivity index (χ0) is 14.9. The van der Waals surface area contributed by atoms with E-state index in [2.05, 4.69) is 21.2 Å². The maximum atomic E-state index is 12.5. The molecule has 0 radical (unpaired) electrons. The van der Waals surface area contributed by atoms with E-state index in [1.165, 1.54) is 0 Å². The highest BCUT2D eigenvalue weighted by Gasteiger charge is 2.34. The van der Waals surface area contributed by atoms with E-state index in [1.54, 1.807) is 6.07 Å². The number of furan rings is 1. The van der Waals surface area contributed by atoms with Crippen LogP contribution in [-0.4, -0.2) is 30.0 Å². The zero-order valence-corrected chi connectivity index (χ0v) is 13.5. The number of carbonyl (C=O) groups is 1. The van der Waals surface area contributed by atoms with Gasteiger partial charge in [-0.15, -0.1) is 0 Å². The molecule has 2 heterocycles. The van der Waals surface area contributed by atoms with E-state index in [1.807, 2.05) is 25.1 Å². The molecular weight excluding hydrogens is 334 g/mol. The van der Waals surface area contributed by atoms with Crippen LogP contribution in [0.15, 0.2) is 28.7 Å². The van der Waals surface area contributed by atoms with Crippen LogP contribution in [0.2, 0.25) is 0 Å². The van der Waals surface area contributed by atoms with Crippen LogP contribution < -0.4 is 5.32 Å². The Morgan fingerprint density at radius 3 is 2.81 bits per heavy atom. The number of benzene rings is 1. The molecule has 1 aromatic heterocycles. The Morgan fingerprint density at radius 1 is 1.33 bits per heavy atom. The molecule has 5 heteroatoms. The van der Waals surface area contributed by atoms with Gasteiger partial charge >= 0.3 is 0 Å². The second-order valence-corrected chi connectivity index (χ2v) is 6.19. The lowest BCUT2D eigenvalue weighted by molar-refractivity contribution is 0.0434. The van der Waals surface area contributed by atoms with Crippen LogP contribution >= 0.6 is 15.9 Å². The molecule has 0 unspecified atom stereocenters. The maximum Gasteiger partial charge on any atom is 0.287 e. The summed E-state index contributed by atoms with van der Waals surface area (Å²) in [5, 5.41) is 4.79. The Bertz CT molecular complexity index is 659. The van der Waals surface area contributed by atoms with Crippen molar-refractivity contribution < 1.29 is 13.9 Å². The molecule has 1 aliphatic rings. The molecule has 0 bridgehead atoms. The number of fused-ring (bicyclic) bond motifs is 1. The van der Waals surface area contributed by atoms with Gasteiger partial charge in [0.2, 0.25) is 0 Å². The third-order valence-electron chi connectivity index (χ3n) is 3.98. The van der Waals surface area contributed by atoms with E-state index >= 15 is 0 Å². The summed E-state index contributed by atoms with van der Waals surface area (Å²) < 4.78 is 11.0. The predicted molar refractivity (Wildman–Crippen MR) is 85.0 cm³/mol. The highest BCUT2D eigenvalue weighted by Crippen LogP contribution is 2.25. The van der Waals surface area contributed by atoms with Gasteiger partial charge in [0.25, 0.3) is 5.91 Å². The minimum Gasteiger partial charge on any atom is -0.451 e. The predicted octanol–water partition coefficient (Wildman–Crippen LogP) is 3.42. The van der Waals surface area contributed by atoms with Crippen LogP contribution in [0.1, 0.15) is 29.0 Å². The fraction of sp³-hybridized carbons (Fsp3) is 0.438. The van der Waals surface area contributed by atoms with Gasteiger partial charge in [0, 0.05) is 23.9 Å². The van der Waals surface area contributed by atoms with E-state index in [9.17, 15) is 4.79 Å². The Kier molecular flexibility index (Phi) is 4.04. The fourth-order valence-electron chi connectivity index (χ4n) is 2.63. The third-order valence-corrected chi connectivity index (χ3v) is 5.05. The van der Waals surface area contributed by atoms with Crippen molar-refractivity contribution in [1.29, 1.82) is 0 Å². The van der Waals surface area contributed by atoms with Gasteiger partial charge in [-0.25, -0.2) is 0 Å². The Labute approximate surface area is 132 Å². The van der Waals surface area contributed by atoms with Gasteiger partial charge in [-0.05, 0) is 38.0 Å². The molecule has 0 spiro atoms. The van der Waals surface area contributed by atoms with Crippen molar-refractivity contribution in [3.05, 3.63) is 35.6 Å². The van der Waals surface area contributed by atoms with Crippen molar-refractivity contribution in [1.82, 2.24) is 5.32 Å². The largest absolute Gasteiger partial charge is 0.451 e. The van der Waals surface area contributed by atoms with Gasteiger partial charge in [0.1, 0.15) is 5.58 Å². The number of nitrogens with one attached hydrogen (secondary N) is 1. The number of hydrogen-bond donors (Lipinski definition) is 1. The molecule has 3 rings (SSSR count). The summed E-state index contributed by atoms with van der Waals surface area (Å²) in [6.45, 7) is 3.37. The SMILES string of the molecule is Cc1ccc2oc(C(=O)NC3(CBr)CCOCC3)cc2c1. The first kappa shape index (κ1) is 14.6. The molecule has 0 saturated carbocycles. The first-order valence-corrected chi connectivity index (χ1v) is 8.20. The number of rotatable bonds is 3. The fourth-order valence-corrected chi connectivity index (χ4v) is 3.33. The van der Waals surface area contributed by atoms with Crippen LogP contribution in [0.25, 0.3) is 11.0 Å². The van der Waals surface area contributed by atoms with Crippen molar-refractivity contribution in [2.24, 2.45) is 0 Å². The lowest BCUT2D eigenvalue weighted by Gasteiger charge is -2.36. The summed E-state index contributed by atoms with van der Waals surface area (Å²) in [6, 6.07) is 7.70. The van der Waals surface area contributed by atoms with Crippen LogP contribution in [0, 0.1) is 6.92 Å². The Morgan fingerprint density at radius 2 is 2.10 bits per heavy atom. The highest BCUT2D eigenvalue weighted by molar-refractivity contribution is 9.09. The molecule has 1 fully saturated rings. The van der Waals surface area contributed by atoms with Crippen LogP contribution in [-0.2, 0) is 4.74 Å². The van der Waals surface area contributed by atoms with Crippen molar-refractivity contribution in [2.45, 2.75) is 25.3 Å². The molecule has 4 nitrogen and oxygen atoms in total. The van der Waals surface area contributed by atoms with Crippen LogP contribution in [0.4, 0.5) is 0 Å². The topological polar surface area (TPSA) is 51.5 Å². The van der Waals surface area contributed by atoms with Gasteiger partial charge in [0.15, 0.2) is 5.76 Å². The summed E-state index contributed by atoms with van der Waals surface area (Å²) in [4.78, 5) is 12.5. The molecule has 0 atom stereocenters. The third kappa shape index (κ3) is 2.99. The Hall–Kier alpha value is -1.33. The van der Waals surface area contributed by atoms with Gasteiger partial charge in [-0.2, -0.15) is 0 Å². The highest BCUT2D eigenvalue weighted by atomic mass is 79.9. The monoisotopic (exact) mass is 351 g/mol. The number of hydrogen-bond acceptors (Lipinski definition) is 3. The number of halogens is 1. The van der Waals surface area contributed by atoms with E-state index in [-0.39, 0.29) is 11.4 Å². The molecule has 2 aromatic rings. The molecule has 112 valence electrons.